The number of carbonyl (C=O) groups is 2. The third kappa shape index (κ3) is 8.73. The third-order valence-corrected chi connectivity index (χ3v) is 8.18. The van der Waals surface area contributed by atoms with Gasteiger partial charge in [0.2, 0.25) is 0 Å². The van der Waals surface area contributed by atoms with E-state index in [4.69, 9.17) is 9.47 Å². The van der Waals surface area contributed by atoms with E-state index in [-0.39, 0.29) is 41.9 Å². The zero-order valence-electron chi connectivity index (χ0n) is 25.8. The fourth-order valence-electron chi connectivity index (χ4n) is 6.55. The maximum absolute atomic E-state index is 12.9. The molecule has 1 fully saturated rings. The van der Waals surface area contributed by atoms with Crippen LogP contribution in [0.5, 0.6) is 11.5 Å². The largest absolute Gasteiger partial charge is 0.484 e. The molecular weight excluding hydrogens is 548 g/mol. The van der Waals surface area contributed by atoms with Crippen molar-refractivity contribution in [2.45, 2.75) is 46.1 Å². The molecular formula is C38H42N2O4. The molecule has 6 heteroatoms. The Kier molecular flexibility index (Phi) is 9.69. The number of benzene rings is 4. The molecule has 5 rings (SSSR count). The Labute approximate surface area is 260 Å². The molecule has 0 unspecified atom stereocenters. The highest BCUT2D eigenvalue weighted by atomic mass is 16.5. The predicted octanol–water partition coefficient (Wildman–Crippen LogP) is 7.30. The van der Waals surface area contributed by atoms with E-state index < -0.39 is 0 Å². The van der Waals surface area contributed by atoms with Crippen molar-refractivity contribution >= 4 is 11.8 Å². The van der Waals surface area contributed by atoms with E-state index in [0.717, 1.165) is 41.5 Å². The molecule has 2 amide bonds. The summed E-state index contributed by atoms with van der Waals surface area (Å²) >= 11 is 0. The number of carbonyl (C=O) groups excluding carboxylic acids is 2. The van der Waals surface area contributed by atoms with E-state index >= 15 is 0 Å². The van der Waals surface area contributed by atoms with Crippen molar-refractivity contribution in [2.75, 3.05) is 19.8 Å². The van der Waals surface area contributed by atoms with Crippen LogP contribution in [0.1, 0.15) is 40.0 Å². The number of ether oxygens (including phenoxy) is 2. The molecule has 0 radical (unpaired) electrons. The maximum atomic E-state index is 12.9. The lowest BCUT2D eigenvalue weighted by Gasteiger charge is -2.47. The van der Waals surface area contributed by atoms with Gasteiger partial charge in [-0.3, -0.25) is 9.59 Å². The van der Waals surface area contributed by atoms with Crippen LogP contribution in [0.2, 0.25) is 0 Å². The average Bonchev–Trinajstić information content (AvgIpc) is 3.02. The van der Waals surface area contributed by atoms with Crippen molar-refractivity contribution < 1.29 is 19.1 Å². The summed E-state index contributed by atoms with van der Waals surface area (Å²) in [4.78, 5) is 25.6. The summed E-state index contributed by atoms with van der Waals surface area (Å²) in [5.74, 6) is 1.01. The Balaban J connectivity index is 1.07. The first-order valence-corrected chi connectivity index (χ1v) is 15.3. The molecule has 0 saturated heterocycles. The number of nitrogens with one attached hydrogen (secondary N) is 2. The molecule has 0 heterocycles. The molecule has 4 aromatic carbocycles. The van der Waals surface area contributed by atoms with Crippen LogP contribution < -0.4 is 20.1 Å². The van der Waals surface area contributed by atoms with Crippen molar-refractivity contribution in [2.24, 2.45) is 10.8 Å². The highest BCUT2D eigenvalue weighted by molar-refractivity contribution is 5.78. The molecule has 2 N–H and O–H groups in total. The van der Waals surface area contributed by atoms with E-state index in [1.165, 1.54) is 0 Å². The summed E-state index contributed by atoms with van der Waals surface area (Å²) in [7, 11) is 0. The van der Waals surface area contributed by atoms with Gasteiger partial charge in [-0.2, -0.15) is 0 Å². The third-order valence-electron chi connectivity index (χ3n) is 8.18. The molecule has 0 bridgehead atoms. The average molecular weight is 591 g/mol. The van der Waals surface area contributed by atoms with Crippen molar-refractivity contribution in [3.8, 4) is 33.8 Å². The van der Waals surface area contributed by atoms with Crippen LogP contribution in [-0.4, -0.2) is 37.6 Å². The number of amides is 2. The van der Waals surface area contributed by atoms with Crippen molar-refractivity contribution in [3.63, 3.8) is 0 Å². The minimum Gasteiger partial charge on any atom is -0.484 e. The first-order valence-electron chi connectivity index (χ1n) is 15.3. The van der Waals surface area contributed by atoms with Gasteiger partial charge in [-0.15, -0.1) is 0 Å². The van der Waals surface area contributed by atoms with Gasteiger partial charge < -0.3 is 20.1 Å². The molecule has 6 nitrogen and oxygen atoms in total. The monoisotopic (exact) mass is 590 g/mol. The van der Waals surface area contributed by atoms with Crippen LogP contribution in [0.4, 0.5) is 0 Å². The maximum Gasteiger partial charge on any atom is 0.258 e. The lowest BCUT2D eigenvalue weighted by Crippen LogP contribution is -2.51. The van der Waals surface area contributed by atoms with Gasteiger partial charge in [0, 0.05) is 12.6 Å². The molecule has 0 aliphatic heterocycles. The summed E-state index contributed by atoms with van der Waals surface area (Å²) in [5, 5.41) is 6.26. The second kappa shape index (κ2) is 13.8. The predicted molar refractivity (Wildman–Crippen MR) is 175 cm³/mol. The molecule has 0 aromatic heterocycles. The molecule has 1 aliphatic carbocycles. The Hall–Kier alpha value is -4.58. The second-order valence-corrected chi connectivity index (χ2v) is 13.0. The van der Waals surface area contributed by atoms with E-state index in [9.17, 15) is 9.59 Å². The van der Waals surface area contributed by atoms with Gasteiger partial charge in [0.15, 0.2) is 13.2 Å². The highest BCUT2D eigenvalue weighted by Crippen LogP contribution is 2.45. The standard InChI is InChI=1S/C38H42N2O4/c1-37(2)22-32(40-36(42)25-44-34-20-16-31(17-21-34)29-12-8-5-9-13-29)23-38(3,26-37)27-39-35(41)24-43-33-18-14-30(15-19-33)28-10-6-4-7-11-28/h4-21,32H,22-27H2,1-3H3,(H,39,41)(H,40,42)/t32-,38-/m1/s1. The first-order chi connectivity index (χ1) is 21.2. The summed E-state index contributed by atoms with van der Waals surface area (Å²) in [6.07, 6.45) is 2.59. The van der Waals surface area contributed by atoms with E-state index in [1.54, 1.807) is 0 Å². The van der Waals surface area contributed by atoms with Crippen LogP contribution in [0.3, 0.4) is 0 Å². The van der Waals surface area contributed by atoms with Gasteiger partial charge in [0.25, 0.3) is 11.8 Å². The van der Waals surface area contributed by atoms with Crippen LogP contribution >= 0.6 is 0 Å². The minimum absolute atomic E-state index is 0.00316. The SMILES string of the molecule is CC1(C)C[C@@H](NC(=O)COc2ccc(-c3ccccc3)cc2)C[C@@](C)(CNC(=O)COc2ccc(-c3ccccc3)cc2)C1. The summed E-state index contributed by atoms with van der Waals surface area (Å²) in [6, 6.07) is 35.8. The van der Waals surface area contributed by atoms with E-state index in [2.05, 4.69) is 55.7 Å². The molecule has 4 aromatic rings. The zero-order valence-corrected chi connectivity index (χ0v) is 25.8. The van der Waals surface area contributed by atoms with Gasteiger partial charge in [-0.1, -0.05) is 106 Å². The second-order valence-electron chi connectivity index (χ2n) is 13.0. The topological polar surface area (TPSA) is 76.7 Å². The van der Waals surface area contributed by atoms with Crippen LogP contribution in [0, 0.1) is 10.8 Å². The van der Waals surface area contributed by atoms with Gasteiger partial charge in [0.05, 0.1) is 0 Å². The zero-order chi connectivity index (χ0) is 31.0. The lowest BCUT2D eigenvalue weighted by atomic mass is 9.62. The first kappa shape index (κ1) is 30.9. The van der Waals surface area contributed by atoms with Crippen molar-refractivity contribution in [1.82, 2.24) is 10.6 Å². The van der Waals surface area contributed by atoms with Gasteiger partial charge in [0.1, 0.15) is 11.5 Å². The smallest absolute Gasteiger partial charge is 0.258 e. The van der Waals surface area contributed by atoms with Gasteiger partial charge >= 0.3 is 0 Å². The van der Waals surface area contributed by atoms with Crippen LogP contribution in [-0.2, 0) is 9.59 Å². The molecule has 1 aliphatic rings. The quantitative estimate of drug-likeness (QED) is 0.192. The molecule has 2 atom stereocenters. The Bertz CT molecular complexity index is 1520. The summed E-state index contributed by atoms with van der Waals surface area (Å²) in [6.45, 7) is 7.05. The van der Waals surface area contributed by atoms with Crippen LogP contribution in [0.15, 0.2) is 109 Å². The van der Waals surface area contributed by atoms with Gasteiger partial charge in [-0.25, -0.2) is 0 Å². The van der Waals surface area contributed by atoms with Crippen molar-refractivity contribution in [1.29, 1.82) is 0 Å². The number of rotatable bonds is 11. The summed E-state index contributed by atoms with van der Waals surface area (Å²) < 4.78 is 11.5. The fraction of sp³-hybridized carbons (Fsp3) is 0.316. The Morgan fingerprint density at radius 1 is 0.636 bits per heavy atom. The fourth-order valence-corrected chi connectivity index (χ4v) is 6.55. The normalized spacial score (nSPS) is 19.0. The minimum atomic E-state index is -0.166. The lowest BCUT2D eigenvalue weighted by molar-refractivity contribution is -0.126. The Morgan fingerprint density at radius 2 is 1.09 bits per heavy atom. The van der Waals surface area contributed by atoms with Crippen molar-refractivity contribution in [3.05, 3.63) is 109 Å². The summed E-state index contributed by atoms with van der Waals surface area (Å²) in [5.41, 5.74) is 4.32. The van der Waals surface area contributed by atoms with Crippen LogP contribution in [0.25, 0.3) is 22.3 Å². The molecule has 1 saturated carbocycles. The molecule has 44 heavy (non-hydrogen) atoms. The van der Waals surface area contributed by atoms with Gasteiger partial charge in [-0.05, 0) is 76.6 Å². The Morgan fingerprint density at radius 3 is 1.59 bits per heavy atom. The molecule has 0 spiro atoms. The number of hydrogen-bond donors (Lipinski definition) is 2. The number of hydrogen-bond acceptors (Lipinski definition) is 4. The van der Waals surface area contributed by atoms with E-state index in [0.29, 0.717) is 18.0 Å². The molecule has 228 valence electrons. The van der Waals surface area contributed by atoms with E-state index in [1.807, 2.05) is 84.9 Å². The highest BCUT2D eigenvalue weighted by Gasteiger charge is 2.41.